The van der Waals surface area contributed by atoms with Gasteiger partial charge < -0.3 is 38.6 Å². The smallest absolute Gasteiger partial charge is 0.319 e. The Bertz CT molecular complexity index is 3310. The lowest BCUT2D eigenvalue weighted by atomic mass is 9.91. The van der Waals surface area contributed by atoms with Gasteiger partial charge in [-0.1, -0.05) is 76.1 Å². The largest absolute Gasteiger partial charge is 0.474 e. The molecule has 5 atom stereocenters. The van der Waals surface area contributed by atoms with E-state index in [-0.39, 0.29) is 59.4 Å². The number of likely N-dealkylation sites (tertiary alicyclic amines) is 1. The van der Waals surface area contributed by atoms with Crippen molar-refractivity contribution in [3.8, 4) is 39.3 Å². The summed E-state index contributed by atoms with van der Waals surface area (Å²) in [6.07, 6.45) is 11.7. The molecular formula is C61H72FN9O7S. The van der Waals surface area contributed by atoms with E-state index in [1.165, 1.54) is 0 Å². The van der Waals surface area contributed by atoms with E-state index in [1.54, 1.807) is 35.6 Å². The Morgan fingerprint density at radius 3 is 2.49 bits per heavy atom. The van der Waals surface area contributed by atoms with Crippen molar-refractivity contribution in [2.75, 3.05) is 58.2 Å². The normalized spacial score (nSPS) is 20.5. The van der Waals surface area contributed by atoms with Gasteiger partial charge >= 0.3 is 6.01 Å². The summed E-state index contributed by atoms with van der Waals surface area (Å²) in [5.41, 5.74) is 6.68. The lowest BCUT2D eigenvalue weighted by molar-refractivity contribution is -0.141. The summed E-state index contributed by atoms with van der Waals surface area (Å²) in [4.78, 5) is 55.1. The molecule has 0 aliphatic carbocycles. The van der Waals surface area contributed by atoms with Crippen molar-refractivity contribution >= 4 is 50.6 Å². The molecule has 8 heterocycles. The van der Waals surface area contributed by atoms with Gasteiger partial charge in [0, 0.05) is 50.6 Å². The fraction of sp³-hybridized carbons (Fsp3) is 0.492. The molecule has 11 rings (SSSR count). The van der Waals surface area contributed by atoms with Crippen LogP contribution in [0.2, 0.25) is 0 Å². The van der Waals surface area contributed by atoms with Crippen LogP contribution in [0.15, 0.2) is 76.9 Å². The number of fused-ring (bicyclic) bond motifs is 3. The van der Waals surface area contributed by atoms with E-state index in [0.29, 0.717) is 60.3 Å². The van der Waals surface area contributed by atoms with Crippen molar-refractivity contribution in [3.05, 3.63) is 101 Å². The summed E-state index contributed by atoms with van der Waals surface area (Å²) >= 11 is 1.61. The summed E-state index contributed by atoms with van der Waals surface area (Å²) in [6.45, 7) is 13.7. The van der Waals surface area contributed by atoms with Crippen LogP contribution in [-0.2, 0) is 20.7 Å². The predicted octanol–water partition coefficient (Wildman–Crippen LogP) is 11.4. The molecule has 2 amide bonds. The van der Waals surface area contributed by atoms with Crippen LogP contribution in [-0.4, -0.2) is 118 Å². The van der Waals surface area contributed by atoms with Crippen molar-refractivity contribution in [3.63, 3.8) is 0 Å². The van der Waals surface area contributed by atoms with E-state index in [0.717, 1.165) is 122 Å². The molecule has 7 aromatic rings. The number of aromatic nitrogens is 5. The van der Waals surface area contributed by atoms with Gasteiger partial charge in [0.1, 0.15) is 48.0 Å². The topological polar surface area (TPSA) is 170 Å². The minimum Gasteiger partial charge on any atom is -0.474 e. The molecule has 3 aromatic carbocycles. The van der Waals surface area contributed by atoms with Gasteiger partial charge in [0.2, 0.25) is 11.8 Å². The number of nitrogens with one attached hydrogen (secondary N) is 1. The number of aryl methyl sites for hydroxylation is 2. The quantitative estimate of drug-likeness (QED) is 0.0759. The Labute approximate surface area is 465 Å². The highest BCUT2D eigenvalue weighted by Crippen LogP contribution is 2.44. The number of hydrogen-bond donors (Lipinski definition) is 1. The minimum atomic E-state index is -0.650. The zero-order valence-corrected chi connectivity index (χ0v) is 47.1. The van der Waals surface area contributed by atoms with E-state index in [4.69, 9.17) is 38.4 Å². The molecule has 18 heteroatoms. The van der Waals surface area contributed by atoms with E-state index in [9.17, 15) is 9.59 Å². The molecule has 4 aliphatic heterocycles. The van der Waals surface area contributed by atoms with Crippen LogP contribution in [0.25, 0.3) is 43.4 Å². The van der Waals surface area contributed by atoms with E-state index >= 15 is 4.39 Å². The van der Waals surface area contributed by atoms with Crippen LogP contribution in [0.5, 0.6) is 17.6 Å². The number of thiazole rings is 1. The van der Waals surface area contributed by atoms with Crippen molar-refractivity contribution in [2.24, 2.45) is 5.92 Å². The third kappa shape index (κ3) is 11.0. The number of methoxy groups -OCH3 is 1. The highest BCUT2D eigenvalue weighted by Gasteiger charge is 2.50. The summed E-state index contributed by atoms with van der Waals surface area (Å²) in [5, 5.41) is 9.88. The number of nitrogens with zero attached hydrogens (tertiary/aromatic N) is 8. The molecule has 0 radical (unpaired) electrons. The number of pyridine rings is 1. The second kappa shape index (κ2) is 23.5. The minimum absolute atomic E-state index is 0.0493. The lowest BCUT2D eigenvalue weighted by Gasteiger charge is -2.34. The maximum absolute atomic E-state index is 17.6. The van der Waals surface area contributed by atoms with E-state index in [1.807, 2.05) is 69.6 Å². The molecule has 416 valence electrons. The number of carbonyl (C=O) groups is 2. The lowest BCUT2D eigenvalue weighted by Crippen LogP contribution is -2.48. The molecule has 4 aliphatic rings. The molecule has 16 nitrogen and oxygen atoms in total. The van der Waals surface area contributed by atoms with Crippen LogP contribution in [0.4, 0.5) is 10.2 Å². The van der Waals surface area contributed by atoms with Gasteiger partial charge in [0.05, 0.1) is 33.0 Å². The summed E-state index contributed by atoms with van der Waals surface area (Å²) in [5.74, 6) is 0.280. The van der Waals surface area contributed by atoms with E-state index < -0.39 is 17.8 Å². The second-order valence-electron chi connectivity index (χ2n) is 22.2. The first kappa shape index (κ1) is 54.2. The standard InChI is InChI=1S/C61H72FN9O7S/c1-7-40-15-12-16-43-29-45(77-36-74-6)30-46(52(40)43)54-53(62)55-47(32-63-54)57(69-25-10-8-9-11-26-69)67-60(66-55)76-34-61-23-14-28-71(61)44(22-24-61)33-75-50-31-49(78-68-50)51(37(2)3)59(73)70-27-13-17-48(70)58(72)65-38(4)41-18-20-42(21-19-41)56-39(5)64-35-79-56/h12,15-16,18-21,29-32,35,37-38,44,48,51H,7-11,13-14,17,22-28,33-34,36H2,1-6H3,(H,65,72). The molecule has 0 spiro atoms. The monoisotopic (exact) mass is 1090 g/mol. The Kier molecular flexibility index (Phi) is 16.1. The van der Waals surface area contributed by atoms with Crippen LogP contribution >= 0.6 is 11.3 Å². The number of ether oxygens (including phenoxy) is 4. The first-order chi connectivity index (χ1) is 38.4. The summed E-state index contributed by atoms with van der Waals surface area (Å²) in [7, 11) is 1.57. The van der Waals surface area contributed by atoms with Crippen molar-refractivity contribution in [1.29, 1.82) is 0 Å². The van der Waals surface area contributed by atoms with Gasteiger partial charge in [-0.25, -0.2) is 9.37 Å². The van der Waals surface area contributed by atoms with Crippen LogP contribution in [0.3, 0.4) is 0 Å². The van der Waals surface area contributed by atoms with Gasteiger partial charge in [-0.05, 0) is 129 Å². The third-order valence-corrected chi connectivity index (χ3v) is 17.8. The maximum Gasteiger partial charge on any atom is 0.319 e. The molecule has 1 N–H and O–H groups in total. The number of halogens is 1. The van der Waals surface area contributed by atoms with Crippen molar-refractivity contribution < 1.29 is 37.5 Å². The second-order valence-corrected chi connectivity index (χ2v) is 23.1. The van der Waals surface area contributed by atoms with E-state index in [2.05, 4.69) is 50.4 Å². The van der Waals surface area contributed by atoms with Gasteiger partial charge in [-0.2, -0.15) is 9.97 Å². The van der Waals surface area contributed by atoms with Gasteiger partial charge in [-0.15, -0.1) is 11.3 Å². The highest BCUT2D eigenvalue weighted by molar-refractivity contribution is 7.13. The molecule has 4 saturated heterocycles. The summed E-state index contributed by atoms with van der Waals surface area (Å²) < 4.78 is 47.7. The number of amides is 2. The zero-order chi connectivity index (χ0) is 54.8. The van der Waals surface area contributed by atoms with Crippen LogP contribution < -0.4 is 24.4 Å². The number of carbonyl (C=O) groups excluding carboxylic acids is 2. The first-order valence-electron chi connectivity index (χ1n) is 28.3. The predicted molar refractivity (Wildman–Crippen MR) is 303 cm³/mol. The average Bonchev–Trinajstić information content (AvgIpc) is 4.46. The molecule has 4 fully saturated rings. The molecule has 0 saturated carbocycles. The Hall–Kier alpha value is -6.76. The van der Waals surface area contributed by atoms with Gasteiger partial charge in [-0.3, -0.25) is 19.5 Å². The van der Waals surface area contributed by atoms with Crippen LogP contribution in [0.1, 0.15) is 126 Å². The van der Waals surface area contributed by atoms with Gasteiger partial charge in [0.25, 0.3) is 5.88 Å². The summed E-state index contributed by atoms with van der Waals surface area (Å²) in [6, 6.07) is 19.2. The molecule has 0 bridgehead atoms. The molecular weight excluding hydrogens is 1020 g/mol. The van der Waals surface area contributed by atoms with Crippen molar-refractivity contribution in [1.82, 2.24) is 40.2 Å². The molecule has 79 heavy (non-hydrogen) atoms. The van der Waals surface area contributed by atoms with Gasteiger partial charge in [0.15, 0.2) is 18.4 Å². The Morgan fingerprint density at radius 1 is 0.911 bits per heavy atom. The highest BCUT2D eigenvalue weighted by atomic mass is 32.1. The Morgan fingerprint density at radius 2 is 1.73 bits per heavy atom. The average molecular weight is 1090 g/mol. The fourth-order valence-corrected chi connectivity index (χ4v) is 13.5. The number of rotatable bonds is 19. The zero-order valence-electron chi connectivity index (χ0n) is 46.3. The number of benzene rings is 3. The maximum atomic E-state index is 17.6. The fourth-order valence-electron chi connectivity index (χ4n) is 12.7. The SMILES string of the molecule is CCc1cccc2cc(OCOC)cc(-c3ncc4c(N5CCCCCC5)nc(OCC56CCCN5C(COc5cc(C(C(=O)N7CCCC7C(=O)NC(C)c7ccc(-c8scnc8C)cc7)C(C)C)on5)CC6)nc4c3F)c12. The van der Waals surface area contributed by atoms with Crippen LogP contribution in [0, 0.1) is 18.7 Å². The molecule has 5 unspecified atom stereocenters. The number of hydrogen-bond acceptors (Lipinski definition) is 15. The third-order valence-electron chi connectivity index (χ3n) is 16.9. The Balaban J connectivity index is 0.774. The van der Waals surface area contributed by atoms with Crippen molar-refractivity contribution in [2.45, 2.75) is 135 Å². The first-order valence-corrected chi connectivity index (χ1v) is 29.2. The molecule has 4 aromatic heterocycles. The number of anilines is 1.